The molecule has 0 radical (unpaired) electrons. The van der Waals surface area contributed by atoms with Crippen molar-refractivity contribution in [2.24, 2.45) is 5.73 Å². The second kappa shape index (κ2) is 4.23. The van der Waals surface area contributed by atoms with Gasteiger partial charge in [0.05, 0.1) is 6.04 Å². The van der Waals surface area contributed by atoms with Crippen LogP contribution in [0.25, 0.3) is 0 Å². The van der Waals surface area contributed by atoms with Gasteiger partial charge in [0.15, 0.2) is 0 Å². The number of nitrogens with two attached hydrogens (primary N) is 1. The van der Waals surface area contributed by atoms with Gasteiger partial charge < -0.3 is 5.73 Å². The molecule has 4 heteroatoms. The molecule has 1 unspecified atom stereocenters. The summed E-state index contributed by atoms with van der Waals surface area (Å²) in [5, 5.41) is 0. The molecule has 1 atom stereocenters. The quantitative estimate of drug-likeness (QED) is 0.836. The predicted molar refractivity (Wildman–Crippen MR) is 53.8 cm³/mol. The minimum absolute atomic E-state index is 0.410. The maximum atomic E-state index is 12.3. The van der Waals surface area contributed by atoms with Crippen molar-refractivity contribution in [1.82, 2.24) is 4.98 Å². The third-order valence-electron chi connectivity index (χ3n) is 2.99. The van der Waals surface area contributed by atoms with Crippen LogP contribution in [-0.4, -0.2) is 11.4 Å². The van der Waals surface area contributed by atoms with Gasteiger partial charge in [-0.2, -0.15) is 0 Å². The zero-order chi connectivity index (χ0) is 10.8. The van der Waals surface area contributed by atoms with Crippen molar-refractivity contribution < 1.29 is 8.78 Å². The Morgan fingerprint density at radius 1 is 1.33 bits per heavy atom. The van der Waals surface area contributed by atoms with Crippen molar-refractivity contribution in [3.05, 3.63) is 29.6 Å². The van der Waals surface area contributed by atoms with Crippen molar-refractivity contribution in [2.45, 2.75) is 37.6 Å². The zero-order valence-electron chi connectivity index (χ0n) is 8.37. The van der Waals surface area contributed by atoms with Crippen molar-refractivity contribution >= 4 is 0 Å². The summed E-state index contributed by atoms with van der Waals surface area (Å²) in [5.41, 5.74) is 6.74. The lowest BCUT2D eigenvalue weighted by Gasteiger charge is -2.24. The normalized spacial score (nSPS) is 18.9. The molecule has 1 fully saturated rings. The number of hydrogen-bond acceptors (Lipinski definition) is 2. The molecular formula is C11H14F2N2. The second-order valence-corrected chi connectivity index (χ2v) is 4.00. The summed E-state index contributed by atoms with van der Waals surface area (Å²) in [4.78, 5) is 4.19. The molecule has 0 aromatic carbocycles. The Morgan fingerprint density at radius 2 is 2.07 bits per heavy atom. The number of nitrogens with zero attached hydrogens (tertiary/aromatic N) is 1. The number of hydrogen-bond donors (Lipinski definition) is 1. The molecule has 1 aliphatic carbocycles. The van der Waals surface area contributed by atoms with E-state index in [9.17, 15) is 8.78 Å². The maximum Gasteiger partial charge on any atom is 0.257 e. The lowest BCUT2D eigenvalue weighted by Crippen LogP contribution is -2.19. The fraction of sp³-hybridized carbons (Fsp3) is 0.545. The monoisotopic (exact) mass is 212 g/mol. The summed E-state index contributed by atoms with van der Waals surface area (Å²) in [5.74, 6) is 0.529. The van der Waals surface area contributed by atoms with Crippen LogP contribution < -0.4 is 5.73 Å². The third kappa shape index (κ3) is 2.15. The Bertz CT molecular complexity index is 320. The van der Waals surface area contributed by atoms with Gasteiger partial charge in [0.1, 0.15) is 0 Å². The van der Waals surface area contributed by atoms with Gasteiger partial charge in [-0.25, -0.2) is 8.78 Å². The molecule has 15 heavy (non-hydrogen) atoms. The minimum Gasteiger partial charge on any atom is -0.319 e. The predicted octanol–water partition coefficient (Wildman–Crippen LogP) is 2.61. The summed E-state index contributed by atoms with van der Waals surface area (Å²) < 4.78 is 24.6. The van der Waals surface area contributed by atoms with Crippen LogP contribution in [0, 0.1) is 0 Å². The summed E-state index contributed by atoms with van der Waals surface area (Å²) >= 11 is 0. The summed E-state index contributed by atoms with van der Waals surface area (Å²) in [6, 6.07) is 2.27. The first-order valence-corrected chi connectivity index (χ1v) is 5.18. The molecule has 2 rings (SSSR count). The van der Waals surface area contributed by atoms with Gasteiger partial charge >= 0.3 is 0 Å². The van der Waals surface area contributed by atoms with Crippen LogP contribution >= 0.6 is 0 Å². The van der Waals surface area contributed by atoms with Crippen LogP contribution in [-0.2, 0) is 0 Å². The number of pyridine rings is 1. The van der Waals surface area contributed by atoms with Crippen molar-refractivity contribution in [2.75, 3.05) is 0 Å². The van der Waals surface area contributed by atoms with E-state index in [1.54, 1.807) is 6.07 Å². The van der Waals surface area contributed by atoms with E-state index in [0.29, 0.717) is 11.5 Å². The van der Waals surface area contributed by atoms with Gasteiger partial charge in [-0.3, -0.25) is 4.98 Å². The van der Waals surface area contributed by atoms with E-state index in [0.717, 1.165) is 18.5 Å². The average molecular weight is 212 g/mol. The first kappa shape index (κ1) is 10.5. The van der Waals surface area contributed by atoms with Gasteiger partial charge in [0.25, 0.3) is 6.43 Å². The van der Waals surface area contributed by atoms with Gasteiger partial charge in [-0.15, -0.1) is 0 Å². The fourth-order valence-electron chi connectivity index (χ4n) is 1.70. The molecule has 1 aromatic heterocycles. The van der Waals surface area contributed by atoms with E-state index in [2.05, 4.69) is 4.98 Å². The Morgan fingerprint density at radius 3 is 2.47 bits per heavy atom. The lowest BCUT2D eigenvalue weighted by molar-refractivity contribution is 0.116. The highest BCUT2D eigenvalue weighted by Crippen LogP contribution is 2.35. The minimum atomic E-state index is -2.53. The molecule has 0 spiro atoms. The molecule has 1 aliphatic rings. The molecule has 0 aliphatic heterocycles. The molecule has 1 heterocycles. The van der Waals surface area contributed by atoms with Crippen LogP contribution in [0.3, 0.4) is 0 Å². The highest BCUT2D eigenvalue weighted by molar-refractivity contribution is 5.21. The van der Waals surface area contributed by atoms with E-state index in [4.69, 9.17) is 5.73 Å². The van der Waals surface area contributed by atoms with Gasteiger partial charge in [-0.05, 0) is 24.5 Å². The van der Waals surface area contributed by atoms with Crippen LogP contribution in [0.1, 0.15) is 42.5 Å². The third-order valence-corrected chi connectivity index (χ3v) is 2.99. The van der Waals surface area contributed by atoms with Crippen LogP contribution in [0.5, 0.6) is 0 Å². The fourth-order valence-corrected chi connectivity index (χ4v) is 1.70. The number of halogens is 2. The Balaban J connectivity index is 2.09. The van der Waals surface area contributed by atoms with Crippen molar-refractivity contribution in [3.8, 4) is 0 Å². The summed E-state index contributed by atoms with van der Waals surface area (Å²) in [6.45, 7) is 0. The van der Waals surface area contributed by atoms with Crippen LogP contribution in [0.15, 0.2) is 18.3 Å². The molecule has 82 valence electrons. The van der Waals surface area contributed by atoms with Crippen LogP contribution in [0.4, 0.5) is 8.78 Å². The maximum absolute atomic E-state index is 12.3. The standard InChI is InChI=1S/C11H14F2N2/c12-11(13)10(14)8-4-5-9(15-6-8)7-2-1-3-7/h4-7,10-11H,1-3,14H2. The lowest BCUT2D eigenvalue weighted by atomic mass is 9.82. The molecule has 1 aromatic rings. The van der Waals surface area contributed by atoms with Gasteiger partial charge in [0.2, 0.25) is 0 Å². The van der Waals surface area contributed by atoms with Crippen molar-refractivity contribution in [3.63, 3.8) is 0 Å². The highest BCUT2D eigenvalue weighted by Gasteiger charge is 2.22. The Kier molecular flexibility index (Phi) is 2.95. The van der Waals surface area contributed by atoms with Crippen LogP contribution in [0.2, 0.25) is 0 Å². The van der Waals surface area contributed by atoms with E-state index in [1.165, 1.54) is 12.6 Å². The molecule has 1 saturated carbocycles. The topological polar surface area (TPSA) is 38.9 Å². The van der Waals surface area contributed by atoms with E-state index in [1.807, 2.05) is 6.07 Å². The molecular weight excluding hydrogens is 198 g/mol. The molecule has 2 N–H and O–H groups in total. The zero-order valence-corrected chi connectivity index (χ0v) is 8.37. The first-order chi connectivity index (χ1) is 7.18. The SMILES string of the molecule is NC(c1ccc(C2CCC2)nc1)C(F)F. The second-order valence-electron chi connectivity index (χ2n) is 4.00. The largest absolute Gasteiger partial charge is 0.319 e. The number of aromatic nitrogens is 1. The Labute approximate surface area is 87.5 Å². The number of alkyl halides is 2. The smallest absolute Gasteiger partial charge is 0.257 e. The summed E-state index contributed by atoms with van der Waals surface area (Å²) in [7, 11) is 0. The number of rotatable bonds is 3. The first-order valence-electron chi connectivity index (χ1n) is 5.18. The summed E-state index contributed by atoms with van der Waals surface area (Å²) in [6.07, 6.45) is 2.51. The van der Waals surface area contributed by atoms with E-state index in [-0.39, 0.29) is 0 Å². The van der Waals surface area contributed by atoms with Gasteiger partial charge in [0, 0.05) is 17.8 Å². The molecule has 0 amide bonds. The molecule has 0 saturated heterocycles. The molecule has 2 nitrogen and oxygen atoms in total. The highest BCUT2D eigenvalue weighted by atomic mass is 19.3. The van der Waals surface area contributed by atoms with Gasteiger partial charge in [-0.1, -0.05) is 12.5 Å². The Hall–Kier alpha value is -1.03. The average Bonchev–Trinajstić information content (AvgIpc) is 2.15. The molecule has 0 bridgehead atoms. The van der Waals surface area contributed by atoms with E-state index < -0.39 is 12.5 Å². The van der Waals surface area contributed by atoms with E-state index >= 15 is 0 Å². The van der Waals surface area contributed by atoms with Crippen molar-refractivity contribution in [1.29, 1.82) is 0 Å².